The molecule has 0 radical (unpaired) electrons. The molecular formula is C21H24Br5O3Zr2. The van der Waals surface area contributed by atoms with Crippen LogP contribution in [-0.4, -0.2) is 15.3 Å². The zero-order valence-electron chi connectivity index (χ0n) is 16.5. The van der Waals surface area contributed by atoms with E-state index in [0.717, 1.165) is 16.7 Å². The summed E-state index contributed by atoms with van der Waals surface area (Å²) in [6, 6.07) is 28.6. The second-order valence-corrected chi connectivity index (χ2v) is 50.6. The molecule has 3 aromatic carbocycles. The number of halogens is 5. The van der Waals surface area contributed by atoms with Gasteiger partial charge in [-0.15, -0.1) is 0 Å². The van der Waals surface area contributed by atoms with Gasteiger partial charge in [0, 0.05) is 0 Å². The molecule has 0 saturated carbocycles. The van der Waals surface area contributed by atoms with Gasteiger partial charge in [-0.2, -0.15) is 0 Å². The van der Waals surface area contributed by atoms with Gasteiger partial charge in [0.25, 0.3) is 0 Å². The van der Waals surface area contributed by atoms with Crippen molar-refractivity contribution in [3.63, 3.8) is 0 Å². The fourth-order valence-corrected chi connectivity index (χ4v) is 1.75. The summed E-state index contributed by atoms with van der Waals surface area (Å²) < 4.78 is 0. The van der Waals surface area contributed by atoms with Crippen LogP contribution in [0.3, 0.4) is 0 Å². The van der Waals surface area contributed by atoms with E-state index in [1.807, 2.05) is 91.0 Å². The molecule has 10 heteroatoms. The summed E-state index contributed by atoms with van der Waals surface area (Å²) in [6.45, 7) is 0.419. The molecule has 31 heavy (non-hydrogen) atoms. The third-order valence-electron chi connectivity index (χ3n) is 3.08. The molecule has 3 aromatic rings. The van der Waals surface area contributed by atoms with E-state index in [0.29, 0.717) is 0 Å². The number of benzene rings is 3. The van der Waals surface area contributed by atoms with Crippen LogP contribution in [0.5, 0.6) is 0 Å². The average molecular weight is 906 g/mol. The van der Waals surface area contributed by atoms with Gasteiger partial charge < -0.3 is 15.3 Å². The van der Waals surface area contributed by atoms with E-state index >= 15 is 0 Å². The molecule has 0 fully saturated rings. The molecule has 0 aromatic heterocycles. The van der Waals surface area contributed by atoms with E-state index in [9.17, 15) is 0 Å². The van der Waals surface area contributed by atoms with Crippen molar-refractivity contribution in [2.75, 3.05) is 0 Å². The minimum atomic E-state index is -1.11. The van der Waals surface area contributed by atoms with Gasteiger partial charge in [0.2, 0.25) is 0 Å². The normalized spacial score (nSPS) is 8.39. The quantitative estimate of drug-likeness (QED) is 0.252. The standard InChI is InChI=1S/3C7H8O.5BrH.2Zr/c3*8-6-7-4-2-1-3-5-7;;;;;;;/h3*1-5,8H,6H2;5*1H;;/q;;;;;;;;+2;+3/p-5. The van der Waals surface area contributed by atoms with Crippen LogP contribution in [0.25, 0.3) is 0 Å². The molecule has 0 aliphatic carbocycles. The zero-order chi connectivity index (χ0) is 23.7. The number of hydrogen-bond donors (Lipinski definition) is 3. The third-order valence-corrected chi connectivity index (χ3v) is 3.08. The zero-order valence-corrected chi connectivity index (χ0v) is 29.4. The Kier molecular flexibility index (Phi) is 31.4. The van der Waals surface area contributed by atoms with Gasteiger partial charge in [-0.25, -0.2) is 0 Å². The Morgan fingerprint density at radius 2 is 0.677 bits per heavy atom. The Morgan fingerprint density at radius 1 is 0.516 bits per heavy atom. The fourth-order valence-electron chi connectivity index (χ4n) is 1.75. The SMILES string of the molecule is OCc1ccccc1.OCc1ccccc1.OCc1ccccc1.[Br][Zr]([Br])[Br].[Br][Zr][Br]. The van der Waals surface area contributed by atoms with Crippen molar-refractivity contribution in [3.05, 3.63) is 108 Å². The molecule has 0 atom stereocenters. The predicted molar refractivity (Wildman–Crippen MR) is 142 cm³/mol. The van der Waals surface area contributed by atoms with E-state index < -0.39 is 14.7 Å². The molecule has 0 spiro atoms. The number of rotatable bonds is 3. The first-order chi connectivity index (χ1) is 14.9. The van der Waals surface area contributed by atoms with Crippen LogP contribution < -0.4 is 0 Å². The van der Waals surface area contributed by atoms with E-state index in [-0.39, 0.29) is 38.4 Å². The van der Waals surface area contributed by atoms with Gasteiger partial charge in [-0.3, -0.25) is 0 Å². The Labute approximate surface area is 233 Å². The van der Waals surface area contributed by atoms with Crippen LogP contribution in [0, 0.1) is 0 Å². The summed E-state index contributed by atoms with van der Waals surface area (Å²) >= 11 is 15.1. The van der Waals surface area contributed by atoms with Crippen LogP contribution in [0.4, 0.5) is 0 Å². The molecule has 0 unspecified atom stereocenters. The van der Waals surface area contributed by atoms with E-state index in [1.165, 1.54) is 0 Å². The van der Waals surface area contributed by atoms with Crippen LogP contribution in [0.1, 0.15) is 16.7 Å². The summed E-state index contributed by atoms with van der Waals surface area (Å²) in [4.78, 5) is 0. The van der Waals surface area contributed by atoms with Gasteiger partial charge in [-0.05, 0) is 16.7 Å². The summed E-state index contributed by atoms with van der Waals surface area (Å²) in [6.07, 6.45) is 0. The third kappa shape index (κ3) is 27.8. The summed E-state index contributed by atoms with van der Waals surface area (Å²) in [5.41, 5.74) is 2.90. The first-order valence-electron chi connectivity index (χ1n) is 8.69. The molecule has 3 nitrogen and oxygen atoms in total. The van der Waals surface area contributed by atoms with Gasteiger partial charge >= 0.3 is 94.3 Å². The van der Waals surface area contributed by atoms with Crippen LogP contribution >= 0.6 is 61.1 Å². The maximum absolute atomic E-state index is 8.54. The molecule has 3 N–H and O–H groups in total. The van der Waals surface area contributed by atoms with Crippen molar-refractivity contribution in [2.45, 2.75) is 19.8 Å². The topological polar surface area (TPSA) is 60.7 Å². The monoisotopic (exact) mass is 899 g/mol. The molecule has 169 valence electrons. The molecule has 3 rings (SSSR count). The van der Waals surface area contributed by atoms with Crippen LogP contribution in [-0.2, 0) is 53.1 Å². The predicted octanol–water partition coefficient (Wildman–Crippen LogP) is 7.76. The maximum atomic E-state index is 8.54. The number of aliphatic hydroxyl groups is 3. The van der Waals surface area contributed by atoms with Crippen molar-refractivity contribution in [1.29, 1.82) is 0 Å². The Hall–Kier alpha value is 1.71. The van der Waals surface area contributed by atoms with Crippen LogP contribution in [0.2, 0.25) is 0 Å². The van der Waals surface area contributed by atoms with Crippen LogP contribution in [0.15, 0.2) is 91.0 Å². The van der Waals surface area contributed by atoms with Crippen molar-refractivity contribution < 1.29 is 48.6 Å². The second-order valence-electron chi connectivity index (χ2n) is 5.22. The number of aliphatic hydroxyl groups excluding tert-OH is 3. The summed E-state index contributed by atoms with van der Waals surface area (Å²) in [5, 5.41) is 25.6. The minimum absolute atomic E-state index is 0.140. The van der Waals surface area contributed by atoms with Crippen molar-refractivity contribution in [1.82, 2.24) is 0 Å². The molecule has 0 saturated heterocycles. The van der Waals surface area contributed by atoms with Gasteiger partial charge in [-0.1, -0.05) is 91.0 Å². The molecule has 0 aliphatic heterocycles. The second kappa shape index (κ2) is 27.9. The fraction of sp³-hybridized carbons (Fsp3) is 0.143. The first kappa shape index (κ1) is 34.9. The van der Waals surface area contributed by atoms with Crippen molar-refractivity contribution in [3.8, 4) is 0 Å². The molecule has 0 amide bonds. The summed E-state index contributed by atoms with van der Waals surface area (Å²) in [5.74, 6) is 0. The average Bonchev–Trinajstić information content (AvgIpc) is 2.81. The van der Waals surface area contributed by atoms with Gasteiger partial charge in [0.15, 0.2) is 0 Å². The summed E-state index contributed by atoms with van der Waals surface area (Å²) in [7, 11) is 0. The Bertz CT molecular complexity index is 615. The number of hydrogen-bond acceptors (Lipinski definition) is 3. The van der Waals surface area contributed by atoms with Crippen molar-refractivity contribution >= 4 is 61.1 Å². The first-order valence-corrected chi connectivity index (χ1v) is 36.8. The molecule has 0 heterocycles. The molecule has 0 aliphatic rings. The Balaban J connectivity index is 0. The van der Waals surface area contributed by atoms with Crippen molar-refractivity contribution in [2.24, 2.45) is 0 Å². The van der Waals surface area contributed by atoms with E-state index in [1.54, 1.807) is 0 Å². The van der Waals surface area contributed by atoms with Gasteiger partial charge in [0.1, 0.15) is 0 Å². The van der Waals surface area contributed by atoms with Gasteiger partial charge in [0.05, 0.1) is 19.8 Å². The molecular weight excluding hydrogens is 882 g/mol. The molecule has 0 bridgehead atoms. The van der Waals surface area contributed by atoms with E-state index in [4.69, 9.17) is 15.3 Å². The van der Waals surface area contributed by atoms with E-state index in [2.05, 4.69) is 61.1 Å². The Morgan fingerprint density at radius 3 is 0.774 bits per heavy atom.